The molecule has 0 atom stereocenters. The highest BCUT2D eigenvalue weighted by molar-refractivity contribution is 5.55. The second-order valence-electron chi connectivity index (χ2n) is 4.56. The fourth-order valence-electron chi connectivity index (χ4n) is 1.82. The van der Waals surface area contributed by atoms with Crippen molar-refractivity contribution in [2.24, 2.45) is 11.3 Å². The van der Waals surface area contributed by atoms with E-state index in [1.165, 1.54) is 6.33 Å². The maximum absolute atomic E-state index is 9.52. The number of hydrogen-bond donors (Lipinski definition) is 4. The molecule has 0 spiro atoms. The number of nitrogen functional groups attached to an aromatic ring is 1. The molecule has 0 radical (unpaired) electrons. The van der Waals surface area contributed by atoms with Crippen molar-refractivity contribution >= 4 is 11.6 Å². The van der Waals surface area contributed by atoms with Crippen LogP contribution < -0.4 is 16.6 Å². The molecule has 0 aliphatic carbocycles. The fraction of sp³-hybridized carbons (Fsp3) is 0.667. The molecule has 0 unspecified atom stereocenters. The van der Waals surface area contributed by atoms with Crippen molar-refractivity contribution in [2.75, 3.05) is 23.9 Å². The molecule has 18 heavy (non-hydrogen) atoms. The van der Waals surface area contributed by atoms with Crippen LogP contribution in [0.4, 0.5) is 11.6 Å². The summed E-state index contributed by atoms with van der Waals surface area (Å²) >= 11 is 0. The van der Waals surface area contributed by atoms with Crippen molar-refractivity contribution in [3.63, 3.8) is 0 Å². The lowest BCUT2D eigenvalue weighted by molar-refractivity contribution is 0.127. The Hall–Kier alpha value is -1.40. The number of rotatable bonds is 7. The third-order valence-electron chi connectivity index (χ3n) is 3.69. The van der Waals surface area contributed by atoms with Gasteiger partial charge in [-0.2, -0.15) is 0 Å². The van der Waals surface area contributed by atoms with Gasteiger partial charge in [-0.15, -0.1) is 0 Å². The van der Waals surface area contributed by atoms with Gasteiger partial charge in [-0.25, -0.2) is 15.8 Å². The van der Waals surface area contributed by atoms with Crippen LogP contribution in [0.1, 0.15) is 32.3 Å². The molecule has 5 N–H and O–H groups in total. The van der Waals surface area contributed by atoms with E-state index in [1.54, 1.807) is 0 Å². The predicted molar refractivity (Wildman–Crippen MR) is 73.2 cm³/mol. The molecule has 0 bridgehead atoms. The number of nitrogens with one attached hydrogen (secondary N) is 2. The zero-order valence-corrected chi connectivity index (χ0v) is 11.3. The van der Waals surface area contributed by atoms with Crippen molar-refractivity contribution in [3.05, 3.63) is 11.9 Å². The van der Waals surface area contributed by atoms with Crippen LogP contribution in [0.3, 0.4) is 0 Å². The summed E-state index contributed by atoms with van der Waals surface area (Å²) in [6.45, 7) is 6.91. The molecule has 0 aromatic carbocycles. The summed E-state index contributed by atoms with van der Waals surface area (Å²) in [4.78, 5) is 8.22. The average molecular weight is 253 g/mol. The minimum atomic E-state index is -0.103. The summed E-state index contributed by atoms with van der Waals surface area (Å²) in [7, 11) is 0. The van der Waals surface area contributed by atoms with E-state index < -0.39 is 0 Å². The van der Waals surface area contributed by atoms with Crippen LogP contribution in [-0.2, 0) is 0 Å². The quantitative estimate of drug-likeness (QED) is 0.432. The van der Waals surface area contributed by atoms with Crippen LogP contribution in [0.2, 0.25) is 0 Å². The van der Waals surface area contributed by atoms with Gasteiger partial charge in [0.1, 0.15) is 18.0 Å². The van der Waals surface area contributed by atoms with Gasteiger partial charge in [-0.3, -0.25) is 0 Å². The maximum Gasteiger partial charge on any atom is 0.148 e. The first-order valence-electron chi connectivity index (χ1n) is 6.25. The van der Waals surface area contributed by atoms with Crippen LogP contribution in [-0.4, -0.2) is 28.2 Å². The standard InChI is InChI=1S/C12H23N5O/c1-4-12(5-2,7-18)6-14-10-9(3)11(17-13)16-8-15-10/h8,18H,4-7,13H2,1-3H3,(H2,14,15,16,17). The molecule has 1 aromatic rings. The van der Waals surface area contributed by atoms with Crippen LogP contribution in [0.5, 0.6) is 0 Å². The van der Waals surface area contributed by atoms with Gasteiger partial charge in [0.15, 0.2) is 0 Å². The molecule has 102 valence electrons. The summed E-state index contributed by atoms with van der Waals surface area (Å²) < 4.78 is 0. The molecule has 1 aromatic heterocycles. The largest absolute Gasteiger partial charge is 0.396 e. The number of nitrogens with two attached hydrogens (primary N) is 1. The number of hydrazine groups is 1. The first kappa shape index (κ1) is 14.7. The Balaban J connectivity index is 2.79. The van der Waals surface area contributed by atoms with Gasteiger partial charge >= 0.3 is 0 Å². The fourth-order valence-corrected chi connectivity index (χ4v) is 1.82. The molecule has 1 heterocycles. The minimum absolute atomic E-state index is 0.103. The molecule has 1 rings (SSSR count). The van der Waals surface area contributed by atoms with Crippen LogP contribution in [0.25, 0.3) is 0 Å². The Kier molecular flexibility index (Phi) is 5.30. The minimum Gasteiger partial charge on any atom is -0.396 e. The summed E-state index contributed by atoms with van der Waals surface area (Å²) in [5.74, 6) is 6.73. The second-order valence-corrected chi connectivity index (χ2v) is 4.56. The summed E-state index contributed by atoms with van der Waals surface area (Å²) in [5.41, 5.74) is 3.30. The van der Waals surface area contributed by atoms with Gasteiger partial charge in [0.2, 0.25) is 0 Å². The average Bonchev–Trinajstić information content (AvgIpc) is 2.42. The first-order chi connectivity index (χ1) is 8.62. The van der Waals surface area contributed by atoms with Crippen molar-refractivity contribution in [3.8, 4) is 0 Å². The Labute approximate surface area is 108 Å². The van der Waals surface area contributed by atoms with Crippen molar-refractivity contribution in [1.29, 1.82) is 0 Å². The summed E-state index contributed by atoms with van der Waals surface area (Å²) in [6, 6.07) is 0. The summed E-state index contributed by atoms with van der Waals surface area (Å²) in [6.07, 6.45) is 3.29. The van der Waals surface area contributed by atoms with Crippen molar-refractivity contribution in [2.45, 2.75) is 33.6 Å². The second kappa shape index (κ2) is 6.51. The van der Waals surface area contributed by atoms with E-state index in [1.807, 2.05) is 6.92 Å². The maximum atomic E-state index is 9.52. The monoisotopic (exact) mass is 253 g/mol. The Morgan fingerprint density at radius 2 is 1.89 bits per heavy atom. The van der Waals surface area contributed by atoms with Gasteiger partial charge in [0.05, 0.1) is 6.61 Å². The zero-order valence-electron chi connectivity index (χ0n) is 11.3. The van der Waals surface area contributed by atoms with Crippen LogP contribution >= 0.6 is 0 Å². The van der Waals surface area contributed by atoms with Gasteiger partial charge in [0, 0.05) is 17.5 Å². The number of aromatic nitrogens is 2. The predicted octanol–water partition coefficient (Wildman–Crippen LogP) is 1.28. The number of aliphatic hydroxyl groups excluding tert-OH is 1. The van der Waals surface area contributed by atoms with Gasteiger partial charge in [-0.05, 0) is 19.8 Å². The highest BCUT2D eigenvalue weighted by Gasteiger charge is 2.25. The molecule has 6 nitrogen and oxygen atoms in total. The number of anilines is 2. The lowest BCUT2D eigenvalue weighted by Gasteiger charge is -2.30. The van der Waals surface area contributed by atoms with Crippen LogP contribution in [0.15, 0.2) is 6.33 Å². The van der Waals surface area contributed by atoms with Gasteiger partial charge < -0.3 is 15.8 Å². The molecule has 0 fully saturated rings. The highest BCUT2D eigenvalue weighted by Crippen LogP contribution is 2.27. The van der Waals surface area contributed by atoms with Crippen molar-refractivity contribution in [1.82, 2.24) is 9.97 Å². The molecule has 0 aliphatic rings. The van der Waals surface area contributed by atoms with Crippen LogP contribution in [0, 0.1) is 12.3 Å². The van der Waals surface area contributed by atoms with E-state index in [0.717, 1.165) is 24.2 Å². The molecule has 0 saturated carbocycles. The molecule has 0 saturated heterocycles. The van der Waals surface area contributed by atoms with E-state index >= 15 is 0 Å². The van der Waals surface area contributed by atoms with Gasteiger partial charge in [-0.1, -0.05) is 13.8 Å². The van der Waals surface area contributed by atoms with E-state index in [0.29, 0.717) is 12.4 Å². The topological polar surface area (TPSA) is 96.1 Å². The van der Waals surface area contributed by atoms with E-state index in [2.05, 4.69) is 34.6 Å². The van der Waals surface area contributed by atoms with E-state index in [9.17, 15) is 5.11 Å². The van der Waals surface area contributed by atoms with Gasteiger partial charge in [0.25, 0.3) is 0 Å². The normalized spacial score (nSPS) is 11.4. The smallest absolute Gasteiger partial charge is 0.148 e. The van der Waals surface area contributed by atoms with Crippen molar-refractivity contribution < 1.29 is 5.11 Å². The molecule has 0 aliphatic heterocycles. The third-order valence-corrected chi connectivity index (χ3v) is 3.69. The number of hydrogen-bond acceptors (Lipinski definition) is 6. The lowest BCUT2D eigenvalue weighted by atomic mass is 9.83. The SMILES string of the molecule is CCC(CC)(CO)CNc1ncnc(NN)c1C. The Bertz CT molecular complexity index is 370. The molecular weight excluding hydrogens is 230 g/mol. The zero-order chi connectivity index (χ0) is 13.6. The lowest BCUT2D eigenvalue weighted by Crippen LogP contribution is -2.32. The number of aliphatic hydroxyl groups is 1. The summed E-state index contributed by atoms with van der Waals surface area (Å²) in [5, 5.41) is 12.8. The molecular formula is C12H23N5O. The van der Waals surface area contributed by atoms with E-state index in [-0.39, 0.29) is 12.0 Å². The first-order valence-corrected chi connectivity index (χ1v) is 6.25. The molecule has 6 heteroatoms. The molecule has 0 amide bonds. The third kappa shape index (κ3) is 3.08. The Morgan fingerprint density at radius 3 is 2.39 bits per heavy atom. The Morgan fingerprint density at radius 1 is 1.28 bits per heavy atom. The highest BCUT2D eigenvalue weighted by atomic mass is 16.3. The number of nitrogens with zero attached hydrogens (tertiary/aromatic N) is 2. The van der Waals surface area contributed by atoms with E-state index in [4.69, 9.17) is 5.84 Å².